The second kappa shape index (κ2) is 9.57. The van der Waals surface area contributed by atoms with Crippen LogP contribution in [-0.2, 0) is 9.59 Å². The van der Waals surface area contributed by atoms with E-state index >= 15 is 0 Å². The van der Waals surface area contributed by atoms with E-state index in [9.17, 15) is 14.7 Å². The van der Waals surface area contributed by atoms with Gasteiger partial charge in [0.1, 0.15) is 0 Å². The van der Waals surface area contributed by atoms with Gasteiger partial charge in [-0.25, -0.2) is 0 Å². The molecule has 3 atom stereocenters. The summed E-state index contributed by atoms with van der Waals surface area (Å²) in [6.07, 6.45) is 7.99. The summed E-state index contributed by atoms with van der Waals surface area (Å²) in [7, 11) is 1.79. The molecule has 5 nitrogen and oxygen atoms in total. The van der Waals surface area contributed by atoms with Crippen molar-refractivity contribution < 1.29 is 14.7 Å². The summed E-state index contributed by atoms with van der Waals surface area (Å²) >= 11 is 0. The molecule has 0 bridgehead atoms. The number of rotatable bonds is 7. The summed E-state index contributed by atoms with van der Waals surface area (Å²) in [5, 5.41) is 10.0. The monoisotopic (exact) mass is 398 g/mol. The van der Waals surface area contributed by atoms with Crippen molar-refractivity contribution in [2.75, 3.05) is 20.2 Å². The SMILES string of the molecule is CCC(=O)N(C)C[C@@H]1[C@H](c2ccc(C3=CCCCC3)cc2)[C@H](CO)N1C(=O)CC. The average Bonchev–Trinajstić information content (AvgIpc) is 2.76. The van der Waals surface area contributed by atoms with Crippen molar-refractivity contribution in [3.05, 3.63) is 41.5 Å². The highest BCUT2D eigenvalue weighted by Crippen LogP contribution is 2.42. The molecule has 1 heterocycles. The minimum absolute atomic E-state index is 0.0339. The highest BCUT2D eigenvalue weighted by atomic mass is 16.3. The van der Waals surface area contributed by atoms with E-state index in [4.69, 9.17) is 0 Å². The van der Waals surface area contributed by atoms with Crippen LogP contribution in [0.3, 0.4) is 0 Å². The van der Waals surface area contributed by atoms with Crippen LogP contribution in [0.25, 0.3) is 5.57 Å². The summed E-state index contributed by atoms with van der Waals surface area (Å²) in [4.78, 5) is 28.2. The van der Waals surface area contributed by atoms with E-state index in [1.165, 1.54) is 24.0 Å². The molecule has 0 unspecified atom stereocenters. The number of hydrogen-bond donors (Lipinski definition) is 1. The molecule has 0 aromatic heterocycles. The number of aliphatic hydroxyl groups is 1. The molecule has 2 aliphatic rings. The maximum absolute atomic E-state index is 12.5. The van der Waals surface area contributed by atoms with Crippen LogP contribution < -0.4 is 0 Å². The van der Waals surface area contributed by atoms with Crippen molar-refractivity contribution in [1.82, 2.24) is 9.80 Å². The number of amides is 2. The molecule has 1 N–H and O–H groups in total. The van der Waals surface area contributed by atoms with Crippen molar-refractivity contribution in [3.63, 3.8) is 0 Å². The average molecular weight is 399 g/mol. The molecular weight excluding hydrogens is 364 g/mol. The zero-order valence-corrected chi connectivity index (χ0v) is 17.9. The molecule has 0 radical (unpaired) electrons. The first-order valence-electron chi connectivity index (χ1n) is 11.0. The van der Waals surface area contributed by atoms with E-state index in [2.05, 4.69) is 30.3 Å². The fourth-order valence-electron chi connectivity index (χ4n) is 4.82. The Balaban J connectivity index is 1.84. The molecule has 2 amide bonds. The maximum Gasteiger partial charge on any atom is 0.222 e. The largest absolute Gasteiger partial charge is 0.394 e. The Morgan fingerprint density at radius 2 is 1.83 bits per heavy atom. The Labute approximate surface area is 174 Å². The van der Waals surface area contributed by atoms with Crippen molar-refractivity contribution in [1.29, 1.82) is 0 Å². The van der Waals surface area contributed by atoms with Gasteiger partial charge in [0.25, 0.3) is 0 Å². The third-order valence-electron chi connectivity index (χ3n) is 6.47. The second-order valence-electron chi connectivity index (χ2n) is 8.22. The normalized spacial score (nSPS) is 23.9. The molecule has 1 aromatic carbocycles. The van der Waals surface area contributed by atoms with E-state index in [-0.39, 0.29) is 36.4 Å². The van der Waals surface area contributed by atoms with E-state index in [1.54, 1.807) is 16.8 Å². The number of carbonyl (C=O) groups is 2. The molecule has 1 fully saturated rings. The number of aliphatic hydroxyl groups excluding tert-OH is 1. The molecule has 1 aliphatic heterocycles. The summed E-state index contributed by atoms with van der Waals surface area (Å²) in [5.41, 5.74) is 3.82. The molecule has 0 saturated carbocycles. The lowest BCUT2D eigenvalue weighted by Crippen LogP contribution is -2.68. The van der Waals surface area contributed by atoms with Crippen LogP contribution in [0.1, 0.15) is 69.4 Å². The van der Waals surface area contributed by atoms with E-state index in [0.717, 1.165) is 18.4 Å². The smallest absolute Gasteiger partial charge is 0.222 e. The highest BCUT2D eigenvalue weighted by Gasteiger charge is 2.51. The second-order valence-corrected chi connectivity index (χ2v) is 8.22. The summed E-state index contributed by atoms with van der Waals surface area (Å²) in [6.45, 7) is 4.12. The van der Waals surface area contributed by atoms with Gasteiger partial charge in [0.15, 0.2) is 0 Å². The van der Waals surface area contributed by atoms with Gasteiger partial charge >= 0.3 is 0 Å². The first kappa shape index (κ1) is 21.6. The van der Waals surface area contributed by atoms with Crippen LogP contribution in [0.15, 0.2) is 30.3 Å². The fraction of sp³-hybridized carbons (Fsp3) is 0.583. The van der Waals surface area contributed by atoms with Crippen LogP contribution in [0.4, 0.5) is 0 Å². The zero-order valence-electron chi connectivity index (χ0n) is 17.9. The van der Waals surface area contributed by atoms with Gasteiger partial charge < -0.3 is 14.9 Å². The fourth-order valence-corrected chi connectivity index (χ4v) is 4.82. The quantitative estimate of drug-likeness (QED) is 0.764. The highest BCUT2D eigenvalue weighted by molar-refractivity contribution is 5.79. The lowest BCUT2D eigenvalue weighted by atomic mass is 9.74. The molecule has 1 aliphatic carbocycles. The molecule has 1 aromatic rings. The molecule has 0 spiro atoms. The van der Waals surface area contributed by atoms with Crippen LogP contribution in [0.2, 0.25) is 0 Å². The van der Waals surface area contributed by atoms with Gasteiger partial charge in [0.2, 0.25) is 11.8 Å². The predicted octanol–water partition coefficient (Wildman–Crippen LogP) is 3.58. The number of likely N-dealkylation sites (tertiary alicyclic amines) is 1. The first-order chi connectivity index (χ1) is 14.0. The maximum atomic E-state index is 12.5. The van der Waals surface area contributed by atoms with E-state index in [0.29, 0.717) is 19.4 Å². The van der Waals surface area contributed by atoms with Gasteiger partial charge in [0, 0.05) is 32.4 Å². The van der Waals surface area contributed by atoms with Gasteiger partial charge in [0.05, 0.1) is 18.7 Å². The lowest BCUT2D eigenvalue weighted by Gasteiger charge is -2.55. The Bertz CT molecular complexity index is 756. The van der Waals surface area contributed by atoms with Gasteiger partial charge in [-0.05, 0) is 42.4 Å². The van der Waals surface area contributed by atoms with E-state index < -0.39 is 0 Å². The minimum Gasteiger partial charge on any atom is -0.394 e. The number of benzene rings is 1. The van der Waals surface area contributed by atoms with Crippen molar-refractivity contribution in [2.45, 2.75) is 70.4 Å². The summed E-state index contributed by atoms with van der Waals surface area (Å²) in [5.74, 6) is 0.142. The van der Waals surface area contributed by atoms with Crippen molar-refractivity contribution in [3.8, 4) is 0 Å². The van der Waals surface area contributed by atoms with Gasteiger partial charge in [-0.1, -0.05) is 44.2 Å². The van der Waals surface area contributed by atoms with Crippen LogP contribution in [0, 0.1) is 0 Å². The Morgan fingerprint density at radius 3 is 2.38 bits per heavy atom. The van der Waals surface area contributed by atoms with Crippen LogP contribution >= 0.6 is 0 Å². The number of nitrogens with zero attached hydrogens (tertiary/aromatic N) is 2. The van der Waals surface area contributed by atoms with Gasteiger partial charge in [-0.15, -0.1) is 0 Å². The third kappa shape index (κ3) is 4.40. The van der Waals surface area contributed by atoms with Gasteiger partial charge in [-0.2, -0.15) is 0 Å². The summed E-state index contributed by atoms with van der Waals surface area (Å²) in [6, 6.07) is 8.30. The van der Waals surface area contributed by atoms with Crippen molar-refractivity contribution in [2.24, 2.45) is 0 Å². The molecule has 3 rings (SSSR count). The lowest BCUT2D eigenvalue weighted by molar-refractivity contribution is -0.153. The van der Waals surface area contributed by atoms with Crippen LogP contribution in [-0.4, -0.2) is 59.0 Å². The first-order valence-corrected chi connectivity index (χ1v) is 11.0. The third-order valence-corrected chi connectivity index (χ3v) is 6.47. The predicted molar refractivity (Wildman–Crippen MR) is 115 cm³/mol. The number of allylic oxidation sites excluding steroid dienone is 2. The summed E-state index contributed by atoms with van der Waals surface area (Å²) < 4.78 is 0. The van der Waals surface area contributed by atoms with Crippen LogP contribution in [0.5, 0.6) is 0 Å². The number of carbonyl (C=O) groups excluding carboxylic acids is 2. The standard InChI is InChI=1S/C24H34N2O3/c1-4-22(28)25(3)15-20-24(21(16-27)26(20)23(29)5-2)19-13-11-18(12-14-19)17-9-7-6-8-10-17/h9,11-14,20-21,24,27H,4-8,10,15-16H2,1-3H3/t20-,21+,24+/m1/s1. The van der Waals surface area contributed by atoms with E-state index in [1.807, 2.05) is 13.8 Å². The Morgan fingerprint density at radius 1 is 1.10 bits per heavy atom. The topological polar surface area (TPSA) is 60.9 Å². The molecule has 29 heavy (non-hydrogen) atoms. The molecule has 5 heteroatoms. The number of hydrogen-bond acceptors (Lipinski definition) is 3. The minimum atomic E-state index is -0.225. The molecule has 1 saturated heterocycles. The zero-order chi connectivity index (χ0) is 21.0. The molecular formula is C24H34N2O3. The van der Waals surface area contributed by atoms with Gasteiger partial charge in [-0.3, -0.25) is 9.59 Å². The number of likely N-dealkylation sites (N-methyl/N-ethyl adjacent to an activating group) is 1. The van der Waals surface area contributed by atoms with Crippen molar-refractivity contribution >= 4 is 17.4 Å². The Kier molecular flexibility index (Phi) is 7.12. The Hall–Kier alpha value is -2.14. The molecule has 158 valence electrons.